The smallest absolute Gasteiger partial charge is 0.320 e. The van der Waals surface area contributed by atoms with Gasteiger partial charge in [0.05, 0.1) is 25.8 Å². The molecule has 0 aliphatic heterocycles. The third-order valence-electron chi connectivity index (χ3n) is 4.43. The van der Waals surface area contributed by atoms with Crippen molar-refractivity contribution in [1.29, 1.82) is 0 Å². The number of rotatable bonds is 10. The van der Waals surface area contributed by atoms with Gasteiger partial charge in [-0.25, -0.2) is 9.97 Å². The zero-order valence-electron chi connectivity index (χ0n) is 17.6. The molecule has 0 bridgehead atoms. The molecule has 3 rings (SSSR count). The minimum atomic E-state index is -0.401. The summed E-state index contributed by atoms with van der Waals surface area (Å²) in [7, 11) is 1.57. The van der Waals surface area contributed by atoms with E-state index in [2.05, 4.69) is 36.5 Å². The van der Waals surface area contributed by atoms with E-state index in [-0.39, 0.29) is 12.5 Å². The second-order valence-electron chi connectivity index (χ2n) is 6.58. The number of nitrogens with zero attached hydrogens (tertiary/aromatic N) is 2. The Kier molecular flexibility index (Phi) is 8.02. The first-order valence-electron chi connectivity index (χ1n) is 9.95. The molecule has 0 saturated carbocycles. The first-order valence-corrected chi connectivity index (χ1v) is 10.7. The van der Waals surface area contributed by atoms with Crippen molar-refractivity contribution >= 4 is 44.3 Å². The van der Waals surface area contributed by atoms with Gasteiger partial charge in [0.25, 0.3) is 0 Å². The molecular weight excluding hydrogens is 464 g/mol. The van der Waals surface area contributed by atoms with E-state index in [1.165, 1.54) is 6.33 Å². The number of halogens is 1. The van der Waals surface area contributed by atoms with Crippen molar-refractivity contribution in [2.75, 3.05) is 25.6 Å². The Labute approximate surface area is 189 Å². The molecule has 0 saturated heterocycles. The van der Waals surface area contributed by atoms with E-state index in [4.69, 9.17) is 14.2 Å². The predicted octanol–water partition coefficient (Wildman–Crippen LogP) is 4.41. The Morgan fingerprint density at radius 3 is 2.71 bits per heavy atom. The van der Waals surface area contributed by atoms with Gasteiger partial charge in [0.15, 0.2) is 17.7 Å². The van der Waals surface area contributed by atoms with Gasteiger partial charge >= 0.3 is 5.97 Å². The lowest BCUT2D eigenvalue weighted by molar-refractivity contribution is -0.142. The van der Waals surface area contributed by atoms with Gasteiger partial charge in [0, 0.05) is 21.6 Å². The van der Waals surface area contributed by atoms with Gasteiger partial charge in [-0.05, 0) is 37.6 Å². The van der Waals surface area contributed by atoms with Crippen molar-refractivity contribution in [2.24, 2.45) is 0 Å². The van der Waals surface area contributed by atoms with Gasteiger partial charge in [-0.1, -0.05) is 28.9 Å². The summed E-state index contributed by atoms with van der Waals surface area (Å²) in [5.41, 5.74) is 1.60. The van der Waals surface area contributed by atoms with Crippen molar-refractivity contribution in [3.8, 4) is 11.5 Å². The number of carbonyl (C=O) groups is 1. The fraction of sp³-hybridized carbons (Fsp3) is 0.318. The molecule has 1 atom stereocenters. The highest BCUT2D eigenvalue weighted by molar-refractivity contribution is 9.10. The molecule has 1 heterocycles. The quantitative estimate of drug-likeness (QED) is 0.320. The number of ether oxygens (including phenoxy) is 3. The lowest BCUT2D eigenvalue weighted by atomic mass is 10.2. The van der Waals surface area contributed by atoms with Gasteiger partial charge in [0.2, 0.25) is 0 Å². The third-order valence-corrected chi connectivity index (χ3v) is 4.92. The van der Waals surface area contributed by atoms with Crippen LogP contribution in [0.15, 0.2) is 47.2 Å². The monoisotopic (exact) mass is 488 g/mol. The molecule has 0 radical (unpaired) electrons. The number of fused-ring (bicyclic) bond motifs is 1. The van der Waals surface area contributed by atoms with Crippen LogP contribution in [0.3, 0.4) is 0 Å². The highest BCUT2D eigenvalue weighted by Gasteiger charge is 2.16. The molecule has 0 amide bonds. The molecule has 2 N–H and O–H groups in total. The number of esters is 1. The topological polar surface area (TPSA) is 94.6 Å². The highest BCUT2D eigenvalue weighted by atomic mass is 79.9. The Balaban J connectivity index is 1.89. The Morgan fingerprint density at radius 1 is 1.16 bits per heavy atom. The van der Waals surface area contributed by atoms with Crippen LogP contribution in [0.2, 0.25) is 0 Å². The van der Waals surface area contributed by atoms with E-state index in [1.807, 2.05) is 37.3 Å². The summed E-state index contributed by atoms with van der Waals surface area (Å²) < 4.78 is 17.5. The zero-order chi connectivity index (χ0) is 22.2. The average molecular weight is 489 g/mol. The number of nitrogens with one attached hydrogen (secondary N) is 2. The lowest BCUT2D eigenvalue weighted by Crippen LogP contribution is -2.38. The first-order chi connectivity index (χ1) is 15.0. The summed E-state index contributed by atoms with van der Waals surface area (Å²) >= 11 is 3.48. The number of methoxy groups -OCH3 is 1. The molecule has 0 spiro atoms. The molecule has 3 aromatic rings. The zero-order valence-corrected chi connectivity index (χ0v) is 19.2. The van der Waals surface area contributed by atoms with E-state index in [9.17, 15) is 4.79 Å². The van der Waals surface area contributed by atoms with Gasteiger partial charge in [-0.15, -0.1) is 0 Å². The van der Waals surface area contributed by atoms with E-state index in [0.29, 0.717) is 35.9 Å². The number of benzene rings is 2. The summed E-state index contributed by atoms with van der Waals surface area (Å²) in [6, 6.07) is 11.4. The Bertz CT molecular complexity index is 1050. The van der Waals surface area contributed by atoms with Crippen LogP contribution >= 0.6 is 15.9 Å². The molecule has 1 unspecified atom stereocenters. The summed E-state index contributed by atoms with van der Waals surface area (Å²) in [6.07, 6.45) is 1.73. The first kappa shape index (κ1) is 22.8. The second kappa shape index (κ2) is 10.9. The van der Waals surface area contributed by atoms with Gasteiger partial charge in [-0.2, -0.15) is 0 Å². The van der Waals surface area contributed by atoms with Crippen molar-refractivity contribution in [3.63, 3.8) is 0 Å². The van der Waals surface area contributed by atoms with E-state index in [1.54, 1.807) is 20.1 Å². The van der Waals surface area contributed by atoms with Crippen LogP contribution in [-0.2, 0) is 9.53 Å². The lowest BCUT2D eigenvalue weighted by Gasteiger charge is -2.21. The van der Waals surface area contributed by atoms with E-state index >= 15 is 0 Å². The molecule has 0 aliphatic carbocycles. The minimum absolute atomic E-state index is 0.0566. The number of anilines is 2. The van der Waals surface area contributed by atoms with Crippen LogP contribution in [0.25, 0.3) is 10.9 Å². The summed E-state index contributed by atoms with van der Waals surface area (Å²) in [5.74, 6) is 1.37. The Morgan fingerprint density at radius 2 is 2.00 bits per heavy atom. The second-order valence-corrected chi connectivity index (χ2v) is 7.49. The number of hydrogen-bond acceptors (Lipinski definition) is 8. The largest absolute Gasteiger partial charge is 0.493 e. The van der Waals surface area contributed by atoms with Crippen LogP contribution in [0, 0.1) is 0 Å². The average Bonchev–Trinajstić information content (AvgIpc) is 2.76. The normalized spacial score (nSPS) is 11.7. The minimum Gasteiger partial charge on any atom is -0.493 e. The molecule has 31 heavy (non-hydrogen) atoms. The molecule has 164 valence electrons. The molecule has 9 heteroatoms. The SMILES string of the molecule is CCOC(=O)CNC(CC)Oc1cc2c(Nc3cccc(Br)c3)ncnc2cc1OC. The third kappa shape index (κ3) is 6.05. The fourth-order valence-electron chi connectivity index (χ4n) is 2.95. The van der Waals surface area contributed by atoms with Crippen LogP contribution < -0.4 is 20.1 Å². The summed E-state index contributed by atoms with van der Waals surface area (Å²) in [5, 5.41) is 7.15. The predicted molar refractivity (Wildman–Crippen MR) is 123 cm³/mol. The fourth-order valence-corrected chi connectivity index (χ4v) is 3.35. The summed E-state index contributed by atoms with van der Waals surface area (Å²) in [6.45, 7) is 4.12. The van der Waals surface area contributed by atoms with Crippen molar-refractivity contribution < 1.29 is 19.0 Å². The number of hydrogen-bond donors (Lipinski definition) is 2. The molecule has 0 aliphatic rings. The van der Waals surface area contributed by atoms with Crippen molar-refractivity contribution in [3.05, 3.63) is 47.2 Å². The molecule has 0 fully saturated rings. The van der Waals surface area contributed by atoms with Crippen molar-refractivity contribution in [2.45, 2.75) is 26.5 Å². The van der Waals surface area contributed by atoms with Crippen LogP contribution in [0.5, 0.6) is 11.5 Å². The van der Waals surface area contributed by atoms with E-state index in [0.717, 1.165) is 15.5 Å². The molecular formula is C22H25BrN4O4. The standard InChI is InChI=1S/C22H25BrN4O4/c1-4-20(24-12-21(28)30-5-2)31-19-10-16-17(11-18(19)29-3)25-13-26-22(16)27-15-8-6-7-14(23)9-15/h6-11,13,20,24H,4-5,12H2,1-3H3,(H,25,26,27). The molecule has 2 aromatic carbocycles. The summed E-state index contributed by atoms with van der Waals surface area (Å²) in [4.78, 5) is 20.4. The molecule has 1 aromatic heterocycles. The van der Waals surface area contributed by atoms with Crippen LogP contribution in [0.4, 0.5) is 11.5 Å². The Hall–Kier alpha value is -2.91. The number of carbonyl (C=O) groups excluding carboxylic acids is 1. The maximum Gasteiger partial charge on any atom is 0.320 e. The van der Waals surface area contributed by atoms with Crippen LogP contribution in [-0.4, -0.2) is 42.4 Å². The number of aromatic nitrogens is 2. The van der Waals surface area contributed by atoms with Gasteiger partial charge in [-0.3, -0.25) is 10.1 Å². The maximum atomic E-state index is 11.7. The van der Waals surface area contributed by atoms with Crippen molar-refractivity contribution in [1.82, 2.24) is 15.3 Å². The van der Waals surface area contributed by atoms with Gasteiger partial charge in [0.1, 0.15) is 12.1 Å². The molecule has 8 nitrogen and oxygen atoms in total. The maximum absolute atomic E-state index is 11.7. The van der Waals surface area contributed by atoms with Crippen LogP contribution in [0.1, 0.15) is 20.3 Å². The highest BCUT2D eigenvalue weighted by Crippen LogP contribution is 2.35. The van der Waals surface area contributed by atoms with E-state index < -0.39 is 6.23 Å². The van der Waals surface area contributed by atoms with Gasteiger partial charge < -0.3 is 19.5 Å².